The first-order valence-corrected chi connectivity index (χ1v) is 6.95. The lowest BCUT2D eigenvalue weighted by molar-refractivity contribution is -0.689. The molecule has 1 aromatic carbocycles. The molecule has 17 heavy (non-hydrogen) atoms. The number of benzene rings is 1. The van der Waals surface area contributed by atoms with Crippen molar-refractivity contribution in [1.82, 2.24) is 0 Å². The molecular weight excluding hydrogens is 254 g/mol. The van der Waals surface area contributed by atoms with E-state index in [9.17, 15) is 0 Å². The van der Waals surface area contributed by atoms with Crippen LogP contribution in [0.3, 0.4) is 0 Å². The Hall–Kier alpha value is -0.900. The summed E-state index contributed by atoms with van der Waals surface area (Å²) in [6.07, 6.45) is 0. The van der Waals surface area contributed by atoms with Gasteiger partial charge in [0.25, 0.3) is 0 Å². The van der Waals surface area contributed by atoms with Crippen LogP contribution in [-0.2, 0) is 12.3 Å². The predicted molar refractivity (Wildman–Crippen MR) is 66.5 cm³/mol. The molecule has 0 spiro atoms. The lowest BCUT2D eigenvalue weighted by atomic mass is 10.2. The number of halogens is 1. The molecule has 1 atom stereocenters. The van der Waals surface area contributed by atoms with Gasteiger partial charge in [-0.3, -0.25) is 0 Å². The molecule has 2 rings (SSSR count). The van der Waals surface area contributed by atoms with Gasteiger partial charge in [-0.15, -0.1) is 4.57 Å². The van der Waals surface area contributed by atoms with Crippen molar-refractivity contribution in [3.05, 3.63) is 52.5 Å². The summed E-state index contributed by atoms with van der Waals surface area (Å²) < 4.78 is 2.27. The van der Waals surface area contributed by atoms with Crippen LogP contribution in [0.15, 0.2) is 41.2 Å². The van der Waals surface area contributed by atoms with Gasteiger partial charge in [-0.1, -0.05) is 30.3 Å². The third-order valence-electron chi connectivity index (χ3n) is 2.56. The number of hydrogen-bond donors (Lipinski definition) is 1. The van der Waals surface area contributed by atoms with E-state index in [4.69, 9.17) is 5.11 Å². The van der Waals surface area contributed by atoms with Crippen molar-refractivity contribution >= 4 is 10.5 Å². The van der Waals surface area contributed by atoms with E-state index >= 15 is 0 Å². The number of aryl methyl sites for hydroxylation is 1. The van der Waals surface area contributed by atoms with Gasteiger partial charge in [0, 0.05) is 23.0 Å². The van der Waals surface area contributed by atoms with Crippen LogP contribution in [0, 0.1) is 6.92 Å². The van der Waals surface area contributed by atoms with Gasteiger partial charge in [0.2, 0.25) is 11.1 Å². The summed E-state index contributed by atoms with van der Waals surface area (Å²) in [4.78, 5) is 0. The molecule has 0 aliphatic rings. The number of hydrogen-bond acceptors (Lipinski definition) is 1. The zero-order chi connectivity index (χ0) is 11.4. The number of aromatic nitrogens is 1. The van der Waals surface area contributed by atoms with E-state index in [2.05, 4.69) is 46.6 Å². The van der Waals surface area contributed by atoms with E-state index in [-0.39, 0.29) is 29.5 Å². The molecule has 2 nitrogen and oxygen atoms in total. The van der Waals surface area contributed by atoms with Gasteiger partial charge in [-0.05, 0) is 0 Å². The Morgan fingerprint density at radius 1 is 1.24 bits per heavy atom. The van der Waals surface area contributed by atoms with Crippen LogP contribution in [0.25, 0.3) is 0 Å². The second-order valence-electron chi connectivity index (χ2n) is 3.88. The number of aliphatic hydroxyl groups excluding tert-OH is 1. The summed E-state index contributed by atoms with van der Waals surface area (Å²) in [5, 5.41) is 11.2. The molecule has 0 fully saturated rings. The van der Waals surface area contributed by atoms with Crippen LogP contribution in [0.5, 0.6) is 0 Å². The van der Waals surface area contributed by atoms with E-state index in [1.54, 1.807) is 0 Å². The van der Waals surface area contributed by atoms with Crippen molar-refractivity contribution in [2.45, 2.75) is 19.2 Å². The van der Waals surface area contributed by atoms with Crippen LogP contribution in [0.1, 0.15) is 11.3 Å². The topological polar surface area (TPSA) is 24.1 Å². The fourth-order valence-corrected chi connectivity index (χ4v) is 3.36. The van der Waals surface area contributed by atoms with Crippen molar-refractivity contribution < 1.29 is 22.1 Å². The van der Waals surface area contributed by atoms with Gasteiger partial charge in [0.15, 0.2) is 12.3 Å². The highest BCUT2D eigenvalue weighted by molar-refractivity contribution is 7.27. The van der Waals surface area contributed by atoms with E-state index in [0.29, 0.717) is 0 Å². The Bertz CT molecular complexity index is 456. The molecule has 1 unspecified atom stereocenters. The lowest BCUT2D eigenvalue weighted by Gasteiger charge is -1.93. The monoisotopic (exact) mass is 270 g/mol. The van der Waals surface area contributed by atoms with E-state index in [0.717, 1.165) is 12.3 Å². The van der Waals surface area contributed by atoms with Crippen molar-refractivity contribution in [2.24, 2.45) is 0 Å². The Kier molecular flexibility index (Phi) is 5.62. The predicted octanol–water partition coefficient (Wildman–Crippen LogP) is -0.924. The Labute approximate surface area is 111 Å². The highest BCUT2D eigenvalue weighted by Gasteiger charge is 2.19. The quantitative estimate of drug-likeness (QED) is 0.564. The molecule has 0 saturated carbocycles. The number of rotatable bonds is 4. The molecule has 0 aliphatic heterocycles. The van der Waals surface area contributed by atoms with Crippen molar-refractivity contribution in [3.8, 4) is 0 Å². The summed E-state index contributed by atoms with van der Waals surface area (Å²) >= 11 is 0. The second-order valence-corrected chi connectivity index (χ2v) is 5.67. The fraction of sp³-hybridized carbons (Fsp3) is 0.308. The maximum Gasteiger partial charge on any atom is 0.369 e. The maximum absolute atomic E-state index is 8.93. The van der Waals surface area contributed by atoms with E-state index < -0.39 is 0 Å². The summed E-state index contributed by atoms with van der Waals surface area (Å²) in [6, 6.07) is 10.5. The van der Waals surface area contributed by atoms with Gasteiger partial charge in [0.1, 0.15) is 0 Å². The summed E-state index contributed by atoms with van der Waals surface area (Å²) in [6.45, 7) is 3.32. The van der Waals surface area contributed by atoms with Gasteiger partial charge in [0.05, 0.1) is 6.61 Å². The molecular formula is C13H17ClNOS+. The zero-order valence-corrected chi connectivity index (χ0v) is 11.4. The molecule has 0 aliphatic carbocycles. The molecule has 0 bridgehead atoms. The van der Waals surface area contributed by atoms with Crippen LogP contribution in [-0.4, -0.2) is 11.7 Å². The lowest BCUT2D eigenvalue weighted by Crippen LogP contribution is -3.00. The first-order chi connectivity index (χ1) is 7.79. The Morgan fingerprint density at radius 2 is 1.94 bits per heavy atom. The Morgan fingerprint density at radius 3 is 2.59 bits per heavy atom. The number of thiazole rings is 1. The van der Waals surface area contributed by atoms with E-state index in [1.807, 2.05) is 6.07 Å². The van der Waals surface area contributed by atoms with Crippen LogP contribution >= 0.6 is 10.5 Å². The van der Waals surface area contributed by atoms with Gasteiger partial charge < -0.3 is 17.5 Å². The average molecular weight is 271 g/mol. The minimum Gasteiger partial charge on any atom is -1.00 e. The largest absolute Gasteiger partial charge is 1.00 e. The highest BCUT2D eigenvalue weighted by Crippen LogP contribution is 2.17. The fourth-order valence-electron chi connectivity index (χ4n) is 1.72. The SMILES string of the molecule is Cc1c[s+](CCO)c[n+]1Cc1ccccc1.[Cl-]. The van der Waals surface area contributed by atoms with Crippen molar-refractivity contribution in [3.63, 3.8) is 0 Å². The van der Waals surface area contributed by atoms with Crippen LogP contribution in [0.2, 0.25) is 0 Å². The average Bonchev–Trinajstić information content (AvgIpc) is 2.61. The van der Waals surface area contributed by atoms with Gasteiger partial charge in [-0.2, -0.15) is 0 Å². The summed E-state index contributed by atoms with van der Waals surface area (Å²) in [5.41, 5.74) is 4.85. The molecule has 0 radical (unpaired) electrons. The summed E-state index contributed by atoms with van der Waals surface area (Å²) in [7, 11) is 0.128. The van der Waals surface area contributed by atoms with E-state index in [1.165, 1.54) is 11.3 Å². The van der Waals surface area contributed by atoms with Crippen molar-refractivity contribution in [2.75, 3.05) is 6.61 Å². The standard InChI is InChI=1S/C13H17NOS.ClH/c1-12-10-16(8-7-15)11-14(12)9-13-5-3-2-4-6-13;/h2-6,10-11,15H,7-9H2,1H3;1H/q+2;/p-1. The first-order valence-electron chi connectivity index (χ1n) is 5.43. The summed E-state index contributed by atoms with van der Waals surface area (Å²) in [5.74, 6) is 0.850. The molecule has 1 aromatic heterocycles. The van der Waals surface area contributed by atoms with Gasteiger partial charge in [-0.25, -0.2) is 0 Å². The minimum absolute atomic E-state index is 0. The van der Waals surface area contributed by atoms with Crippen LogP contribution in [0.4, 0.5) is 0 Å². The normalized spacial score (nSPS) is 11.1. The van der Waals surface area contributed by atoms with Crippen LogP contribution < -0.4 is 17.0 Å². The second kappa shape index (κ2) is 6.74. The minimum atomic E-state index is 0. The zero-order valence-electron chi connectivity index (χ0n) is 9.84. The Balaban J connectivity index is 0.00000144. The molecule has 0 saturated heterocycles. The highest BCUT2D eigenvalue weighted by atomic mass is 35.5. The molecule has 92 valence electrons. The first kappa shape index (κ1) is 14.2. The smallest absolute Gasteiger partial charge is 0.369 e. The van der Waals surface area contributed by atoms with Gasteiger partial charge >= 0.3 is 5.51 Å². The molecule has 0 amide bonds. The third-order valence-corrected chi connectivity index (χ3v) is 4.38. The number of nitrogens with zero attached hydrogens (tertiary/aromatic N) is 1. The number of aliphatic hydroxyl groups is 1. The maximum atomic E-state index is 8.93. The molecule has 1 heterocycles. The molecule has 2 aromatic rings. The molecule has 4 heteroatoms. The molecule has 1 N–H and O–H groups in total. The third kappa shape index (κ3) is 3.80. The van der Waals surface area contributed by atoms with Crippen molar-refractivity contribution in [1.29, 1.82) is 0 Å².